The van der Waals surface area contributed by atoms with Crippen LogP contribution in [-0.2, 0) is 36.1 Å². The van der Waals surface area contributed by atoms with E-state index in [2.05, 4.69) is 0 Å². The van der Waals surface area contributed by atoms with Gasteiger partial charge in [-0.2, -0.15) is 0 Å². The molecule has 0 saturated heterocycles. The van der Waals surface area contributed by atoms with Crippen molar-refractivity contribution in [2.45, 2.75) is 72.9 Å². The number of methoxy groups -OCH3 is 2. The maximum Gasteiger partial charge on any atom is 0.501 e. The zero-order chi connectivity index (χ0) is 39.0. The second kappa shape index (κ2) is 25.6. The molecule has 0 aliphatic carbocycles. The number of carbonyl (C=O) groups is 2. The number of benzene rings is 2. The smallest absolute Gasteiger partial charge is 0.493 e. The molecule has 0 radical (unpaired) electrons. The van der Waals surface area contributed by atoms with E-state index in [0.29, 0.717) is 101 Å². The first-order chi connectivity index (χ1) is 25.7. The molecule has 0 heterocycles. The van der Waals surface area contributed by atoms with Gasteiger partial charge in [-0.05, 0) is 102 Å². The SMILES string of the molecule is CCO[Si](CCCOc1ccc(C=CC(=O)CC(=O)C=Cc2ccc(OCCC[Si](OCC)(OCC)OCC)c(OC)c2)cc1OC)(OCC)OCC. The average Bonchev–Trinajstić information content (AvgIpc) is 3.14. The summed E-state index contributed by atoms with van der Waals surface area (Å²) >= 11 is 0. The summed E-state index contributed by atoms with van der Waals surface area (Å²) in [6.07, 6.45) is 7.17. The third-order valence-corrected chi connectivity index (χ3v) is 13.9. The minimum absolute atomic E-state index is 0.268. The number of hydrogen-bond donors (Lipinski definition) is 0. The van der Waals surface area contributed by atoms with Crippen molar-refractivity contribution in [2.75, 3.05) is 67.1 Å². The first-order valence-electron chi connectivity index (χ1n) is 18.5. The summed E-state index contributed by atoms with van der Waals surface area (Å²) in [7, 11) is -2.37. The minimum Gasteiger partial charge on any atom is -0.493 e. The Balaban J connectivity index is 1.91. The molecule has 0 aliphatic rings. The molecule has 2 aromatic rings. The predicted molar refractivity (Wildman–Crippen MR) is 210 cm³/mol. The fourth-order valence-corrected chi connectivity index (χ4v) is 10.6. The van der Waals surface area contributed by atoms with Gasteiger partial charge >= 0.3 is 17.6 Å². The first kappa shape index (κ1) is 45.8. The number of ether oxygens (including phenoxy) is 4. The third-order valence-electron chi connectivity index (χ3n) is 7.60. The van der Waals surface area contributed by atoms with Crippen LogP contribution in [0.25, 0.3) is 12.2 Å². The quantitative estimate of drug-likeness (QED) is 0.0336. The summed E-state index contributed by atoms with van der Waals surface area (Å²) in [6, 6.07) is 12.1. The Morgan fingerprint density at radius 1 is 0.528 bits per heavy atom. The number of ketones is 2. The predicted octanol–water partition coefficient (Wildman–Crippen LogP) is 7.59. The minimum atomic E-state index is -2.74. The van der Waals surface area contributed by atoms with E-state index in [-0.39, 0.29) is 18.0 Å². The van der Waals surface area contributed by atoms with E-state index in [1.807, 2.05) is 53.7 Å². The van der Waals surface area contributed by atoms with Crippen molar-refractivity contribution in [1.29, 1.82) is 0 Å². The third kappa shape index (κ3) is 16.3. The molecule has 14 heteroatoms. The van der Waals surface area contributed by atoms with Crippen LogP contribution in [0.3, 0.4) is 0 Å². The lowest BCUT2D eigenvalue weighted by molar-refractivity contribution is -0.121. The Kier molecular flexibility index (Phi) is 22.2. The fraction of sp³-hybridized carbons (Fsp3) is 0.538. The van der Waals surface area contributed by atoms with Gasteiger partial charge in [0.25, 0.3) is 0 Å². The topological polar surface area (TPSA) is 126 Å². The van der Waals surface area contributed by atoms with Crippen LogP contribution in [0, 0.1) is 0 Å². The molecule has 0 aliphatic heterocycles. The highest BCUT2D eigenvalue weighted by Crippen LogP contribution is 2.31. The van der Waals surface area contributed by atoms with Gasteiger partial charge in [0.15, 0.2) is 34.6 Å². The summed E-state index contributed by atoms with van der Waals surface area (Å²) in [5.41, 5.74) is 1.46. The van der Waals surface area contributed by atoms with Crippen molar-refractivity contribution < 1.29 is 55.1 Å². The lowest BCUT2D eigenvalue weighted by Crippen LogP contribution is -2.46. The van der Waals surface area contributed by atoms with Crippen LogP contribution in [0.5, 0.6) is 23.0 Å². The Hall–Kier alpha value is -3.35. The molecule has 53 heavy (non-hydrogen) atoms. The molecular formula is C39H60O12Si2. The van der Waals surface area contributed by atoms with Crippen molar-refractivity contribution in [3.8, 4) is 23.0 Å². The molecule has 2 rings (SSSR count). The van der Waals surface area contributed by atoms with Gasteiger partial charge in [0.1, 0.15) is 0 Å². The van der Waals surface area contributed by atoms with E-state index in [1.165, 1.54) is 12.2 Å². The molecule has 0 N–H and O–H groups in total. The first-order valence-corrected chi connectivity index (χ1v) is 22.4. The highest BCUT2D eigenvalue weighted by atomic mass is 28.4. The molecule has 0 fully saturated rings. The largest absolute Gasteiger partial charge is 0.501 e. The Bertz CT molecular complexity index is 1290. The maximum atomic E-state index is 12.6. The van der Waals surface area contributed by atoms with Crippen LogP contribution < -0.4 is 18.9 Å². The molecule has 0 atom stereocenters. The second-order valence-corrected chi connectivity index (χ2v) is 16.9. The standard InChI is InChI=1S/C39H60O12Si2/c1-9-46-52(47-10-2,48-11-3)27-15-25-44-36-23-19-32(29-38(36)42-7)17-21-34(40)31-35(41)22-18-33-20-24-37(39(30-33)43-8)45-26-16-28-53(49-12-4,50-13-5)51-14-6/h17-24,29-30H,9-16,25-28,31H2,1-8H3. The summed E-state index contributed by atoms with van der Waals surface area (Å²) in [6.45, 7) is 15.6. The average molecular weight is 777 g/mol. The summed E-state index contributed by atoms with van der Waals surface area (Å²) in [5.74, 6) is 1.57. The molecule has 0 unspecified atom stereocenters. The Labute approximate surface area is 318 Å². The molecular weight excluding hydrogens is 717 g/mol. The highest BCUT2D eigenvalue weighted by Gasteiger charge is 2.40. The van der Waals surface area contributed by atoms with Gasteiger partial charge in [0.2, 0.25) is 0 Å². The normalized spacial score (nSPS) is 12.1. The molecule has 0 amide bonds. The van der Waals surface area contributed by atoms with E-state index in [0.717, 1.165) is 11.1 Å². The van der Waals surface area contributed by atoms with Gasteiger partial charge in [-0.3, -0.25) is 9.59 Å². The number of allylic oxidation sites excluding steroid dienone is 2. The van der Waals surface area contributed by atoms with Gasteiger partial charge in [-0.25, -0.2) is 0 Å². The molecule has 0 aromatic heterocycles. The maximum absolute atomic E-state index is 12.6. The van der Waals surface area contributed by atoms with E-state index >= 15 is 0 Å². The Morgan fingerprint density at radius 2 is 0.868 bits per heavy atom. The monoisotopic (exact) mass is 776 g/mol. The summed E-state index contributed by atoms with van der Waals surface area (Å²) in [4.78, 5) is 25.2. The van der Waals surface area contributed by atoms with Gasteiger partial charge in [0.05, 0.1) is 33.9 Å². The lowest BCUT2D eigenvalue weighted by Gasteiger charge is -2.28. The summed E-state index contributed by atoms with van der Waals surface area (Å²) in [5, 5.41) is 0. The lowest BCUT2D eigenvalue weighted by atomic mass is 10.1. The molecule has 296 valence electrons. The van der Waals surface area contributed by atoms with Gasteiger partial charge < -0.3 is 45.5 Å². The van der Waals surface area contributed by atoms with Gasteiger partial charge in [0, 0.05) is 51.7 Å². The second-order valence-electron chi connectivity index (χ2n) is 11.5. The van der Waals surface area contributed by atoms with E-state index in [9.17, 15) is 9.59 Å². The van der Waals surface area contributed by atoms with Crippen molar-refractivity contribution in [2.24, 2.45) is 0 Å². The van der Waals surface area contributed by atoms with Crippen LogP contribution in [0.15, 0.2) is 48.6 Å². The molecule has 0 spiro atoms. The Morgan fingerprint density at radius 3 is 1.17 bits per heavy atom. The van der Waals surface area contributed by atoms with Crippen molar-refractivity contribution >= 4 is 41.3 Å². The number of rotatable bonds is 30. The van der Waals surface area contributed by atoms with Crippen molar-refractivity contribution in [1.82, 2.24) is 0 Å². The molecule has 2 aromatic carbocycles. The van der Waals surface area contributed by atoms with Crippen molar-refractivity contribution in [3.05, 3.63) is 59.7 Å². The van der Waals surface area contributed by atoms with Gasteiger partial charge in [-0.15, -0.1) is 0 Å². The zero-order valence-corrected chi connectivity index (χ0v) is 34.9. The van der Waals surface area contributed by atoms with Crippen LogP contribution >= 0.6 is 0 Å². The van der Waals surface area contributed by atoms with Gasteiger partial charge in [-0.1, -0.05) is 24.3 Å². The van der Waals surface area contributed by atoms with E-state index in [1.54, 1.807) is 50.6 Å². The molecule has 12 nitrogen and oxygen atoms in total. The fourth-order valence-electron chi connectivity index (χ4n) is 5.43. The van der Waals surface area contributed by atoms with Crippen LogP contribution in [-0.4, -0.2) is 96.3 Å². The zero-order valence-electron chi connectivity index (χ0n) is 32.9. The molecule has 0 saturated carbocycles. The number of hydrogen-bond acceptors (Lipinski definition) is 12. The van der Waals surface area contributed by atoms with Crippen LogP contribution in [0.4, 0.5) is 0 Å². The number of carbonyl (C=O) groups excluding carboxylic acids is 2. The summed E-state index contributed by atoms with van der Waals surface area (Å²) < 4.78 is 58.5. The van der Waals surface area contributed by atoms with E-state index in [4.69, 9.17) is 45.5 Å². The van der Waals surface area contributed by atoms with E-state index < -0.39 is 17.6 Å². The van der Waals surface area contributed by atoms with Crippen LogP contribution in [0.2, 0.25) is 12.1 Å². The van der Waals surface area contributed by atoms with Crippen molar-refractivity contribution in [3.63, 3.8) is 0 Å². The highest BCUT2D eigenvalue weighted by molar-refractivity contribution is 6.61. The molecule has 0 bridgehead atoms. The van der Waals surface area contributed by atoms with Crippen LogP contribution in [0.1, 0.15) is 71.9 Å².